The number of ether oxygens (including phenoxy) is 1. The Hall–Kier alpha value is -1.49. The Labute approximate surface area is 114 Å². The third-order valence-corrected chi connectivity index (χ3v) is 3.66. The first kappa shape index (κ1) is 13.9. The second-order valence-electron chi connectivity index (χ2n) is 4.85. The highest BCUT2D eigenvalue weighted by Crippen LogP contribution is 2.26. The lowest BCUT2D eigenvalue weighted by atomic mass is 10.1. The topological polar surface area (TPSA) is 58.8 Å². The van der Waals surface area contributed by atoms with Crippen LogP contribution in [0.3, 0.4) is 0 Å². The number of furan rings is 1. The maximum Gasteiger partial charge on any atom is 0.191 e. The van der Waals surface area contributed by atoms with E-state index in [1.165, 1.54) is 19.3 Å². The number of nitrogens with one attached hydrogen (secondary N) is 2. The van der Waals surface area contributed by atoms with Crippen molar-refractivity contribution >= 4 is 5.96 Å². The van der Waals surface area contributed by atoms with Crippen LogP contribution < -0.4 is 10.6 Å². The highest BCUT2D eigenvalue weighted by molar-refractivity contribution is 5.79. The van der Waals surface area contributed by atoms with E-state index in [0.717, 1.165) is 18.3 Å². The maximum atomic E-state index is 5.49. The lowest BCUT2D eigenvalue weighted by Crippen LogP contribution is -2.40. The van der Waals surface area contributed by atoms with E-state index in [4.69, 9.17) is 9.15 Å². The average Bonchev–Trinajstić information content (AvgIpc) is 3.09. The van der Waals surface area contributed by atoms with Gasteiger partial charge in [0.2, 0.25) is 0 Å². The van der Waals surface area contributed by atoms with Crippen LogP contribution in [0, 0.1) is 5.92 Å². The number of hydrogen-bond donors (Lipinski definition) is 2. The number of guanidine groups is 1. The fraction of sp³-hybridized carbons (Fsp3) is 0.643. The van der Waals surface area contributed by atoms with Gasteiger partial charge in [0.15, 0.2) is 5.96 Å². The first-order chi connectivity index (χ1) is 9.33. The lowest BCUT2D eigenvalue weighted by Gasteiger charge is -2.20. The summed E-state index contributed by atoms with van der Waals surface area (Å²) < 4.78 is 10.8. The third-order valence-electron chi connectivity index (χ3n) is 3.66. The van der Waals surface area contributed by atoms with Crippen LogP contribution in [0.15, 0.2) is 27.8 Å². The number of rotatable bonds is 5. The molecule has 19 heavy (non-hydrogen) atoms. The van der Waals surface area contributed by atoms with Crippen molar-refractivity contribution in [1.29, 1.82) is 0 Å². The molecule has 0 spiro atoms. The van der Waals surface area contributed by atoms with Gasteiger partial charge >= 0.3 is 0 Å². The zero-order chi connectivity index (χ0) is 13.5. The van der Waals surface area contributed by atoms with Crippen molar-refractivity contribution in [3.05, 3.63) is 24.2 Å². The molecular weight excluding hydrogens is 242 g/mol. The molecule has 1 saturated carbocycles. The molecular formula is C14H23N3O2. The minimum atomic E-state index is 0.385. The van der Waals surface area contributed by atoms with Crippen LogP contribution in [0.25, 0.3) is 0 Å². The van der Waals surface area contributed by atoms with E-state index in [0.29, 0.717) is 18.6 Å². The number of methoxy groups -OCH3 is 1. The van der Waals surface area contributed by atoms with Gasteiger partial charge in [0, 0.05) is 26.6 Å². The van der Waals surface area contributed by atoms with Crippen molar-refractivity contribution in [3.63, 3.8) is 0 Å². The molecule has 1 aliphatic rings. The van der Waals surface area contributed by atoms with Crippen LogP contribution >= 0.6 is 0 Å². The van der Waals surface area contributed by atoms with Gasteiger partial charge in [0.05, 0.1) is 18.9 Å². The van der Waals surface area contributed by atoms with E-state index in [9.17, 15) is 0 Å². The molecule has 0 bridgehead atoms. The molecule has 1 heterocycles. The number of nitrogens with zero attached hydrogens (tertiary/aromatic N) is 1. The zero-order valence-electron chi connectivity index (χ0n) is 11.7. The molecule has 0 saturated heterocycles. The van der Waals surface area contributed by atoms with E-state index >= 15 is 0 Å². The molecule has 0 aromatic carbocycles. The summed E-state index contributed by atoms with van der Waals surface area (Å²) in [5.41, 5.74) is 0. The van der Waals surface area contributed by atoms with Gasteiger partial charge in [-0.1, -0.05) is 6.42 Å². The van der Waals surface area contributed by atoms with E-state index in [1.54, 1.807) is 20.4 Å². The van der Waals surface area contributed by atoms with Gasteiger partial charge in [-0.15, -0.1) is 0 Å². The SMILES string of the molecule is CN=C(NCc1ccco1)NCC1CCCC1OC. The summed E-state index contributed by atoms with van der Waals surface area (Å²) in [5.74, 6) is 2.28. The van der Waals surface area contributed by atoms with Gasteiger partial charge in [-0.2, -0.15) is 0 Å². The van der Waals surface area contributed by atoms with Crippen LogP contribution in [0.5, 0.6) is 0 Å². The van der Waals surface area contributed by atoms with Gasteiger partial charge in [-0.05, 0) is 25.0 Å². The summed E-state index contributed by atoms with van der Waals surface area (Å²) in [6.07, 6.45) is 5.70. The van der Waals surface area contributed by atoms with Gasteiger partial charge in [-0.25, -0.2) is 0 Å². The fourth-order valence-corrected chi connectivity index (χ4v) is 2.58. The minimum Gasteiger partial charge on any atom is -0.467 e. The Bertz CT molecular complexity index is 389. The first-order valence-electron chi connectivity index (χ1n) is 6.83. The molecule has 0 amide bonds. The van der Waals surface area contributed by atoms with Crippen LogP contribution in [-0.4, -0.2) is 32.8 Å². The van der Waals surface area contributed by atoms with Crippen LogP contribution in [0.2, 0.25) is 0 Å². The molecule has 1 aromatic heterocycles. The number of aliphatic imine (C=N–C) groups is 1. The summed E-state index contributed by atoms with van der Waals surface area (Å²) in [5, 5.41) is 6.59. The largest absolute Gasteiger partial charge is 0.467 e. The van der Waals surface area contributed by atoms with Gasteiger partial charge < -0.3 is 19.8 Å². The normalized spacial score (nSPS) is 23.6. The Morgan fingerprint density at radius 2 is 2.37 bits per heavy atom. The van der Waals surface area contributed by atoms with E-state index in [1.807, 2.05) is 12.1 Å². The van der Waals surface area contributed by atoms with E-state index < -0.39 is 0 Å². The standard InChI is InChI=1S/C14H23N3O2/c1-15-14(17-10-12-6-4-8-19-12)16-9-11-5-3-7-13(11)18-2/h4,6,8,11,13H,3,5,7,9-10H2,1-2H3,(H2,15,16,17). The highest BCUT2D eigenvalue weighted by Gasteiger charge is 2.26. The van der Waals surface area contributed by atoms with E-state index in [-0.39, 0.29) is 0 Å². The second-order valence-corrected chi connectivity index (χ2v) is 4.85. The van der Waals surface area contributed by atoms with Gasteiger partial charge in [-0.3, -0.25) is 4.99 Å². The summed E-state index contributed by atoms with van der Waals surface area (Å²) in [4.78, 5) is 4.21. The van der Waals surface area contributed by atoms with Crippen molar-refractivity contribution in [2.24, 2.45) is 10.9 Å². The molecule has 5 heteroatoms. The lowest BCUT2D eigenvalue weighted by molar-refractivity contribution is 0.0725. The molecule has 106 valence electrons. The molecule has 1 aromatic rings. The third kappa shape index (κ3) is 3.99. The second kappa shape index (κ2) is 7.19. The monoisotopic (exact) mass is 265 g/mol. The Morgan fingerprint density at radius 1 is 1.47 bits per heavy atom. The number of hydrogen-bond acceptors (Lipinski definition) is 3. The maximum absolute atomic E-state index is 5.49. The van der Waals surface area contributed by atoms with Crippen molar-refractivity contribution in [3.8, 4) is 0 Å². The van der Waals surface area contributed by atoms with Crippen LogP contribution in [0.4, 0.5) is 0 Å². The molecule has 5 nitrogen and oxygen atoms in total. The Balaban J connectivity index is 1.73. The molecule has 1 fully saturated rings. The average molecular weight is 265 g/mol. The van der Waals surface area contributed by atoms with Crippen molar-refractivity contribution in [2.75, 3.05) is 20.7 Å². The van der Waals surface area contributed by atoms with Crippen LogP contribution in [0.1, 0.15) is 25.0 Å². The smallest absolute Gasteiger partial charge is 0.191 e. The zero-order valence-corrected chi connectivity index (χ0v) is 11.7. The van der Waals surface area contributed by atoms with E-state index in [2.05, 4.69) is 15.6 Å². The predicted molar refractivity (Wildman–Crippen MR) is 75.0 cm³/mol. The predicted octanol–water partition coefficient (Wildman–Crippen LogP) is 1.76. The van der Waals surface area contributed by atoms with Crippen molar-refractivity contribution < 1.29 is 9.15 Å². The molecule has 2 unspecified atom stereocenters. The quantitative estimate of drug-likeness (QED) is 0.629. The summed E-state index contributed by atoms with van der Waals surface area (Å²) in [6, 6.07) is 3.83. The molecule has 0 aliphatic heterocycles. The fourth-order valence-electron chi connectivity index (χ4n) is 2.58. The van der Waals surface area contributed by atoms with Gasteiger partial charge in [0.1, 0.15) is 5.76 Å². The molecule has 0 radical (unpaired) electrons. The Kier molecular flexibility index (Phi) is 5.27. The summed E-state index contributed by atoms with van der Waals surface area (Å²) in [7, 11) is 3.58. The van der Waals surface area contributed by atoms with Gasteiger partial charge in [0.25, 0.3) is 0 Å². The summed E-state index contributed by atoms with van der Waals surface area (Å²) in [6.45, 7) is 1.54. The first-order valence-corrected chi connectivity index (χ1v) is 6.83. The molecule has 1 aliphatic carbocycles. The molecule has 2 rings (SSSR count). The Morgan fingerprint density at radius 3 is 3.05 bits per heavy atom. The molecule has 2 N–H and O–H groups in total. The highest BCUT2D eigenvalue weighted by atomic mass is 16.5. The molecule has 2 atom stereocenters. The minimum absolute atomic E-state index is 0.385. The summed E-state index contributed by atoms with van der Waals surface area (Å²) >= 11 is 0. The van der Waals surface area contributed by atoms with Crippen molar-refractivity contribution in [2.45, 2.75) is 31.9 Å². The van der Waals surface area contributed by atoms with Crippen molar-refractivity contribution in [1.82, 2.24) is 10.6 Å². The van der Waals surface area contributed by atoms with Crippen LogP contribution in [-0.2, 0) is 11.3 Å².